The third-order valence-corrected chi connectivity index (χ3v) is 3.83. The van der Waals surface area contributed by atoms with Gasteiger partial charge < -0.3 is 24.1 Å². The Kier molecular flexibility index (Phi) is 7.14. The molecular formula is C20H18N3O6-. The molecule has 0 heterocycles. The van der Waals surface area contributed by atoms with E-state index in [-0.39, 0.29) is 22.6 Å². The van der Waals surface area contributed by atoms with Crippen molar-refractivity contribution in [3.05, 3.63) is 53.1 Å². The zero-order valence-corrected chi connectivity index (χ0v) is 16.0. The van der Waals surface area contributed by atoms with E-state index in [1.807, 2.05) is 6.07 Å². The van der Waals surface area contributed by atoms with Gasteiger partial charge in [0.05, 0.1) is 43.6 Å². The molecule has 0 aliphatic heterocycles. The van der Waals surface area contributed by atoms with Gasteiger partial charge in [-0.25, -0.2) is 5.43 Å². The van der Waals surface area contributed by atoms with Gasteiger partial charge in [0.2, 0.25) is 0 Å². The Morgan fingerprint density at radius 1 is 1.17 bits per heavy atom. The van der Waals surface area contributed by atoms with Gasteiger partial charge in [0.15, 0.2) is 17.6 Å². The minimum Gasteiger partial charge on any atom is -0.545 e. The van der Waals surface area contributed by atoms with Crippen LogP contribution in [0, 0.1) is 11.3 Å². The average molecular weight is 396 g/mol. The number of benzene rings is 2. The summed E-state index contributed by atoms with van der Waals surface area (Å²) in [5, 5.41) is 24.0. The predicted octanol–water partition coefficient (Wildman–Crippen LogP) is 0.857. The molecule has 0 radical (unpaired) electrons. The molecule has 1 atom stereocenters. The van der Waals surface area contributed by atoms with Crippen molar-refractivity contribution in [3.8, 4) is 23.3 Å². The molecule has 9 heteroatoms. The molecular weight excluding hydrogens is 378 g/mol. The number of rotatable bonds is 8. The van der Waals surface area contributed by atoms with Gasteiger partial charge in [-0.05, 0) is 43.3 Å². The van der Waals surface area contributed by atoms with E-state index in [1.165, 1.54) is 33.3 Å². The SMILES string of the molecule is COc1ccc(/C=N\NC(=O)[C@@H](C)Oc2ccc(C#N)cc2)c(C(=O)[O-])c1OC. The third kappa shape index (κ3) is 5.23. The number of amides is 1. The fourth-order valence-corrected chi connectivity index (χ4v) is 2.38. The van der Waals surface area contributed by atoms with Crippen molar-refractivity contribution >= 4 is 18.1 Å². The summed E-state index contributed by atoms with van der Waals surface area (Å²) >= 11 is 0. The molecule has 0 spiro atoms. The van der Waals surface area contributed by atoms with Crippen molar-refractivity contribution in [1.82, 2.24) is 5.43 Å². The Balaban J connectivity index is 2.09. The number of nitrogens with one attached hydrogen (secondary N) is 1. The maximum absolute atomic E-state index is 12.1. The summed E-state index contributed by atoms with van der Waals surface area (Å²) in [7, 11) is 2.68. The number of carbonyl (C=O) groups excluding carboxylic acids is 2. The lowest BCUT2D eigenvalue weighted by molar-refractivity contribution is -0.255. The first-order valence-corrected chi connectivity index (χ1v) is 8.37. The second-order valence-corrected chi connectivity index (χ2v) is 5.68. The highest BCUT2D eigenvalue weighted by Gasteiger charge is 2.16. The Bertz CT molecular complexity index is 963. The quantitative estimate of drug-likeness (QED) is 0.517. The lowest BCUT2D eigenvalue weighted by Gasteiger charge is -2.16. The third-order valence-electron chi connectivity index (χ3n) is 3.83. The average Bonchev–Trinajstić information content (AvgIpc) is 2.73. The van der Waals surface area contributed by atoms with E-state index in [1.54, 1.807) is 24.3 Å². The van der Waals surface area contributed by atoms with Gasteiger partial charge >= 0.3 is 0 Å². The number of nitrogens with zero attached hydrogens (tertiary/aromatic N) is 2. The minimum absolute atomic E-state index is 0.0136. The Morgan fingerprint density at radius 2 is 1.86 bits per heavy atom. The first-order valence-electron chi connectivity index (χ1n) is 8.37. The highest BCUT2D eigenvalue weighted by atomic mass is 16.5. The van der Waals surface area contributed by atoms with Crippen molar-refractivity contribution < 1.29 is 28.9 Å². The smallest absolute Gasteiger partial charge is 0.280 e. The van der Waals surface area contributed by atoms with E-state index in [4.69, 9.17) is 19.5 Å². The van der Waals surface area contributed by atoms with Crippen molar-refractivity contribution in [2.45, 2.75) is 13.0 Å². The van der Waals surface area contributed by atoms with E-state index >= 15 is 0 Å². The van der Waals surface area contributed by atoms with Crippen molar-refractivity contribution in [2.24, 2.45) is 5.10 Å². The monoisotopic (exact) mass is 396 g/mol. The Morgan fingerprint density at radius 3 is 2.41 bits per heavy atom. The number of hydrogen-bond acceptors (Lipinski definition) is 8. The molecule has 1 N–H and O–H groups in total. The van der Waals surface area contributed by atoms with Crippen LogP contribution in [0.5, 0.6) is 17.2 Å². The van der Waals surface area contributed by atoms with Crippen LogP contribution in [0.15, 0.2) is 41.5 Å². The van der Waals surface area contributed by atoms with Crippen LogP contribution < -0.4 is 24.7 Å². The molecule has 9 nitrogen and oxygen atoms in total. The molecule has 2 rings (SSSR count). The standard InChI is InChI=1S/C20H19N3O6/c1-12(29-15-7-4-13(10-21)5-8-15)19(24)23-22-11-14-6-9-16(27-2)18(28-3)17(14)20(25)26/h4-9,11-12H,1-3H3,(H,23,24)(H,25,26)/p-1/b22-11-/t12-/m1/s1. The molecule has 1 amide bonds. The van der Waals surface area contributed by atoms with Crippen LogP contribution in [0.25, 0.3) is 0 Å². The highest BCUT2D eigenvalue weighted by Crippen LogP contribution is 2.32. The van der Waals surface area contributed by atoms with Gasteiger partial charge in [0, 0.05) is 5.56 Å². The zero-order chi connectivity index (χ0) is 21.4. The molecule has 29 heavy (non-hydrogen) atoms. The first-order chi connectivity index (χ1) is 13.9. The summed E-state index contributed by atoms with van der Waals surface area (Å²) in [5.41, 5.74) is 2.64. The second-order valence-electron chi connectivity index (χ2n) is 5.68. The number of nitriles is 1. The van der Waals surface area contributed by atoms with Crippen molar-refractivity contribution in [2.75, 3.05) is 14.2 Å². The van der Waals surface area contributed by atoms with Gasteiger partial charge in [-0.1, -0.05) is 0 Å². The van der Waals surface area contributed by atoms with Crippen LogP contribution in [0.2, 0.25) is 0 Å². The number of hydrazone groups is 1. The molecule has 0 aliphatic carbocycles. The van der Waals surface area contributed by atoms with E-state index in [0.717, 1.165) is 6.21 Å². The van der Waals surface area contributed by atoms with E-state index in [2.05, 4.69) is 10.5 Å². The molecule has 0 unspecified atom stereocenters. The Hall–Kier alpha value is -4.06. The first kappa shape index (κ1) is 21.2. The summed E-state index contributed by atoms with van der Waals surface area (Å²) in [6.07, 6.45) is 0.269. The zero-order valence-electron chi connectivity index (χ0n) is 16.0. The Labute approximate surface area is 167 Å². The fraction of sp³-hybridized carbons (Fsp3) is 0.200. The van der Waals surface area contributed by atoms with Gasteiger partial charge in [-0.3, -0.25) is 4.79 Å². The highest BCUT2D eigenvalue weighted by molar-refractivity contribution is 6.01. The van der Waals surface area contributed by atoms with Crippen molar-refractivity contribution in [1.29, 1.82) is 5.26 Å². The lowest BCUT2D eigenvalue weighted by Crippen LogP contribution is -2.33. The summed E-state index contributed by atoms with van der Waals surface area (Å²) in [5.74, 6) is -1.42. The maximum Gasteiger partial charge on any atom is 0.280 e. The number of carboxylic acids is 1. The van der Waals surface area contributed by atoms with Gasteiger partial charge in [-0.15, -0.1) is 0 Å². The molecule has 0 bridgehead atoms. The molecule has 0 saturated carbocycles. The normalized spacial score (nSPS) is 11.4. The van der Waals surface area contributed by atoms with Crippen molar-refractivity contribution in [3.63, 3.8) is 0 Å². The topological polar surface area (TPSA) is 133 Å². The number of carbonyl (C=O) groups is 2. The number of ether oxygens (including phenoxy) is 3. The largest absolute Gasteiger partial charge is 0.545 e. The molecule has 0 aliphatic rings. The number of methoxy groups -OCH3 is 2. The molecule has 0 aromatic heterocycles. The lowest BCUT2D eigenvalue weighted by atomic mass is 10.1. The fourth-order valence-electron chi connectivity index (χ4n) is 2.38. The molecule has 0 fully saturated rings. The van der Waals surface area contributed by atoms with Crippen LogP contribution in [-0.4, -0.2) is 38.4 Å². The molecule has 2 aromatic carbocycles. The maximum atomic E-state index is 12.1. The number of carboxylic acid groups (broad SMARTS) is 1. The number of hydrogen-bond donors (Lipinski definition) is 1. The van der Waals surface area contributed by atoms with Crippen LogP contribution in [0.4, 0.5) is 0 Å². The minimum atomic E-state index is -1.48. The van der Waals surface area contributed by atoms with E-state index in [9.17, 15) is 14.7 Å². The van der Waals surface area contributed by atoms with Gasteiger partial charge in [0.1, 0.15) is 5.75 Å². The van der Waals surface area contributed by atoms with Gasteiger partial charge in [-0.2, -0.15) is 10.4 Å². The number of aromatic carboxylic acids is 1. The second kappa shape index (κ2) is 9.75. The van der Waals surface area contributed by atoms with E-state index in [0.29, 0.717) is 11.3 Å². The van der Waals surface area contributed by atoms with Crippen LogP contribution >= 0.6 is 0 Å². The summed E-state index contributed by atoms with van der Waals surface area (Å²) in [6.45, 7) is 1.52. The van der Waals surface area contributed by atoms with Crippen LogP contribution in [0.3, 0.4) is 0 Å². The summed E-state index contributed by atoms with van der Waals surface area (Å²) < 4.78 is 15.6. The van der Waals surface area contributed by atoms with Crippen LogP contribution in [0.1, 0.15) is 28.4 Å². The van der Waals surface area contributed by atoms with Crippen LogP contribution in [-0.2, 0) is 4.79 Å². The molecule has 150 valence electrons. The van der Waals surface area contributed by atoms with E-state index < -0.39 is 18.0 Å². The predicted molar refractivity (Wildman–Crippen MR) is 101 cm³/mol. The van der Waals surface area contributed by atoms with Gasteiger partial charge in [0.25, 0.3) is 5.91 Å². The summed E-state index contributed by atoms with van der Waals surface area (Å²) in [4.78, 5) is 23.6. The molecule has 2 aromatic rings. The summed E-state index contributed by atoms with van der Waals surface area (Å²) in [6, 6.07) is 11.2. The molecule has 0 saturated heterocycles.